The van der Waals surface area contributed by atoms with Crippen molar-refractivity contribution in [2.45, 2.75) is 45.6 Å². The Morgan fingerprint density at radius 3 is 2.70 bits per heavy atom. The molecule has 1 aromatic heterocycles. The topological polar surface area (TPSA) is 64.6 Å². The number of rotatable bonds is 6. The smallest absolute Gasteiger partial charge is 0.177 e. The van der Waals surface area contributed by atoms with Gasteiger partial charge >= 0.3 is 0 Å². The molecule has 0 aliphatic carbocycles. The van der Waals surface area contributed by atoms with Crippen molar-refractivity contribution in [2.75, 3.05) is 11.4 Å². The molecule has 1 aliphatic rings. The van der Waals surface area contributed by atoms with E-state index < -0.39 is 0 Å². The Hall–Kier alpha value is -3.04. The minimum atomic E-state index is 0.115. The normalized spacial score (nSPS) is 14.8. The average Bonchev–Trinajstić information content (AvgIpc) is 3.27. The molecule has 5 nitrogen and oxygen atoms in total. The summed E-state index contributed by atoms with van der Waals surface area (Å²) >= 11 is 1.21. The lowest BCUT2D eigenvalue weighted by molar-refractivity contribution is 0.479. The van der Waals surface area contributed by atoms with Crippen molar-refractivity contribution in [3.8, 4) is 17.3 Å². The fraction of sp³-hybridized carbons (Fsp3) is 0.333. The molecule has 0 atom stereocenters. The molecule has 0 bridgehead atoms. The molecule has 0 N–H and O–H groups in total. The fourth-order valence-corrected chi connectivity index (χ4v) is 4.70. The molecule has 30 heavy (non-hydrogen) atoms. The number of benzene rings is 2. The van der Waals surface area contributed by atoms with Crippen LogP contribution in [0.1, 0.15) is 44.7 Å². The van der Waals surface area contributed by atoms with Crippen LogP contribution in [-0.2, 0) is 6.42 Å². The molecule has 0 radical (unpaired) electrons. The van der Waals surface area contributed by atoms with Crippen molar-refractivity contribution >= 4 is 27.9 Å². The van der Waals surface area contributed by atoms with Gasteiger partial charge in [-0.05, 0) is 62.0 Å². The number of nitrogens with zero attached hydrogens (tertiary/aromatic N) is 5. The van der Waals surface area contributed by atoms with Crippen LogP contribution in [0.2, 0.25) is 0 Å². The van der Waals surface area contributed by atoms with Gasteiger partial charge in [0.2, 0.25) is 0 Å². The van der Waals surface area contributed by atoms with Crippen molar-refractivity contribution in [3.05, 3.63) is 59.7 Å². The number of unbranched alkanes of at least 4 members (excludes halogenated alkanes) is 1. The average molecular weight is 416 g/mol. The summed E-state index contributed by atoms with van der Waals surface area (Å²) in [4.78, 5) is 2.51. The van der Waals surface area contributed by atoms with Crippen LogP contribution in [0, 0.1) is 11.3 Å². The van der Waals surface area contributed by atoms with Gasteiger partial charge in [-0.25, -0.2) is 0 Å². The maximum absolute atomic E-state index is 9.64. The number of azo groups is 1. The van der Waals surface area contributed by atoms with E-state index in [2.05, 4.69) is 58.5 Å². The molecule has 2 heterocycles. The van der Waals surface area contributed by atoms with Gasteiger partial charge in [-0.3, -0.25) is 0 Å². The number of aromatic nitrogens is 1. The van der Waals surface area contributed by atoms with Crippen molar-refractivity contribution in [2.24, 2.45) is 10.2 Å². The van der Waals surface area contributed by atoms with Crippen molar-refractivity contribution < 1.29 is 0 Å². The predicted octanol–water partition coefficient (Wildman–Crippen LogP) is 7.04. The van der Waals surface area contributed by atoms with Crippen LogP contribution in [0.5, 0.6) is 0 Å². The Bertz CT molecular complexity index is 1110. The molecule has 0 saturated carbocycles. The molecule has 0 saturated heterocycles. The Kier molecular flexibility index (Phi) is 5.65. The van der Waals surface area contributed by atoms with Gasteiger partial charge in [0, 0.05) is 23.3 Å². The second-order valence-corrected chi connectivity index (χ2v) is 8.95. The van der Waals surface area contributed by atoms with E-state index >= 15 is 0 Å². The second kappa shape index (κ2) is 8.37. The van der Waals surface area contributed by atoms with Gasteiger partial charge in [-0.1, -0.05) is 43.7 Å². The SMILES string of the molecule is CCCCN1c2ccc(N=Nc3snc(-c4ccccc4)c3C#N)cc2CC1(C)C. The summed E-state index contributed by atoms with van der Waals surface area (Å²) in [7, 11) is 0. The number of nitriles is 1. The van der Waals surface area contributed by atoms with Crippen LogP contribution in [0.3, 0.4) is 0 Å². The highest BCUT2D eigenvalue weighted by atomic mass is 32.1. The highest BCUT2D eigenvalue weighted by molar-refractivity contribution is 7.10. The van der Waals surface area contributed by atoms with E-state index in [1.807, 2.05) is 36.4 Å². The van der Waals surface area contributed by atoms with E-state index in [0.29, 0.717) is 16.3 Å². The highest BCUT2D eigenvalue weighted by Gasteiger charge is 2.35. The first kappa shape index (κ1) is 20.2. The third-order valence-electron chi connectivity index (χ3n) is 5.53. The van der Waals surface area contributed by atoms with Crippen LogP contribution in [0.4, 0.5) is 16.4 Å². The summed E-state index contributed by atoms with van der Waals surface area (Å²) in [5.74, 6) is 0. The molecule has 0 unspecified atom stereocenters. The Balaban J connectivity index is 1.60. The second-order valence-electron chi connectivity index (χ2n) is 8.20. The minimum Gasteiger partial charge on any atom is -0.366 e. The Morgan fingerprint density at radius 2 is 1.97 bits per heavy atom. The van der Waals surface area contributed by atoms with Crippen LogP contribution >= 0.6 is 11.5 Å². The molecule has 152 valence electrons. The molecule has 2 aromatic carbocycles. The summed E-state index contributed by atoms with van der Waals surface area (Å²) in [6.07, 6.45) is 3.38. The highest BCUT2D eigenvalue weighted by Crippen LogP contribution is 2.41. The molecule has 0 spiro atoms. The van der Waals surface area contributed by atoms with E-state index in [0.717, 1.165) is 24.2 Å². The molecule has 3 aromatic rings. The molecule has 6 heteroatoms. The van der Waals surface area contributed by atoms with Crippen LogP contribution in [0.15, 0.2) is 58.8 Å². The van der Waals surface area contributed by atoms with Crippen molar-refractivity contribution in [1.82, 2.24) is 4.37 Å². The van der Waals surface area contributed by atoms with Crippen LogP contribution in [0.25, 0.3) is 11.3 Å². The van der Waals surface area contributed by atoms with Gasteiger partial charge < -0.3 is 4.90 Å². The summed E-state index contributed by atoms with van der Waals surface area (Å²) in [5, 5.41) is 19.0. The third kappa shape index (κ3) is 3.86. The maximum atomic E-state index is 9.64. The zero-order chi connectivity index (χ0) is 21.1. The first-order valence-corrected chi connectivity index (χ1v) is 11.1. The van der Waals surface area contributed by atoms with E-state index in [1.165, 1.54) is 35.6 Å². The zero-order valence-electron chi connectivity index (χ0n) is 17.6. The van der Waals surface area contributed by atoms with Crippen molar-refractivity contribution in [1.29, 1.82) is 5.26 Å². The summed E-state index contributed by atoms with van der Waals surface area (Å²) in [6, 6.07) is 18.2. The lowest BCUT2D eigenvalue weighted by Crippen LogP contribution is -2.41. The summed E-state index contributed by atoms with van der Waals surface area (Å²) in [6.45, 7) is 7.90. The van der Waals surface area contributed by atoms with Crippen LogP contribution in [-0.4, -0.2) is 16.5 Å². The monoisotopic (exact) mass is 415 g/mol. The van der Waals surface area contributed by atoms with E-state index in [1.54, 1.807) is 0 Å². The molecule has 1 aliphatic heterocycles. The minimum absolute atomic E-state index is 0.115. The van der Waals surface area contributed by atoms with Gasteiger partial charge in [0.1, 0.15) is 17.3 Å². The molecular formula is C24H25N5S. The van der Waals surface area contributed by atoms with Gasteiger partial charge in [-0.2, -0.15) is 9.64 Å². The first-order chi connectivity index (χ1) is 14.5. The van der Waals surface area contributed by atoms with Gasteiger partial charge in [0.05, 0.1) is 5.69 Å². The maximum Gasteiger partial charge on any atom is 0.177 e. The standard InChI is InChI=1S/C24H25N5S/c1-4-5-13-29-21-12-11-19(14-18(21)15-24(29,2)3)26-27-23-20(16-25)22(28-30-23)17-9-7-6-8-10-17/h6-12,14H,4-5,13,15H2,1-3H3. The zero-order valence-corrected chi connectivity index (χ0v) is 18.4. The van der Waals surface area contributed by atoms with E-state index in [4.69, 9.17) is 0 Å². The van der Waals surface area contributed by atoms with Gasteiger partial charge in [0.25, 0.3) is 0 Å². The number of hydrogen-bond donors (Lipinski definition) is 0. The van der Waals surface area contributed by atoms with E-state index in [9.17, 15) is 5.26 Å². The van der Waals surface area contributed by atoms with Gasteiger partial charge in [0.15, 0.2) is 5.00 Å². The van der Waals surface area contributed by atoms with Crippen molar-refractivity contribution in [3.63, 3.8) is 0 Å². The predicted molar refractivity (Wildman–Crippen MR) is 123 cm³/mol. The van der Waals surface area contributed by atoms with E-state index in [-0.39, 0.29) is 5.54 Å². The first-order valence-electron chi connectivity index (χ1n) is 10.3. The molecular weight excluding hydrogens is 390 g/mol. The number of hydrogen-bond acceptors (Lipinski definition) is 6. The molecule has 0 amide bonds. The number of anilines is 1. The lowest BCUT2D eigenvalue weighted by Gasteiger charge is -2.34. The quantitative estimate of drug-likeness (QED) is 0.406. The largest absolute Gasteiger partial charge is 0.366 e. The Labute approximate surface area is 181 Å². The van der Waals surface area contributed by atoms with Gasteiger partial charge in [-0.15, -0.1) is 10.2 Å². The van der Waals surface area contributed by atoms with Crippen LogP contribution < -0.4 is 4.90 Å². The summed E-state index contributed by atoms with van der Waals surface area (Å²) < 4.78 is 4.44. The lowest BCUT2D eigenvalue weighted by atomic mass is 9.99. The fourth-order valence-electron chi connectivity index (χ4n) is 4.01. The molecule has 0 fully saturated rings. The summed E-state index contributed by atoms with van der Waals surface area (Å²) in [5.41, 5.74) is 5.58. The third-order valence-corrected chi connectivity index (χ3v) is 6.26. The number of fused-ring (bicyclic) bond motifs is 1. The Morgan fingerprint density at radius 1 is 1.17 bits per heavy atom. The molecule has 4 rings (SSSR count).